The van der Waals surface area contributed by atoms with Crippen molar-refractivity contribution in [3.05, 3.63) is 72.8 Å². The van der Waals surface area contributed by atoms with E-state index in [2.05, 4.69) is 16.8 Å². The predicted octanol–water partition coefficient (Wildman–Crippen LogP) is 4.42. The highest BCUT2D eigenvalue weighted by Crippen LogP contribution is 2.27. The van der Waals surface area contributed by atoms with Gasteiger partial charge in [-0.3, -0.25) is 4.57 Å². The molecule has 28 heavy (non-hydrogen) atoms. The summed E-state index contributed by atoms with van der Waals surface area (Å²) in [6, 6.07) is 15.1. The molecule has 146 valence electrons. The number of hydrogen-bond acceptors (Lipinski definition) is 5. The van der Waals surface area contributed by atoms with Crippen molar-refractivity contribution in [3.63, 3.8) is 0 Å². The van der Waals surface area contributed by atoms with Crippen LogP contribution < -0.4 is 0 Å². The smallest absolute Gasteiger partial charge is 0.298 e. The third-order valence-corrected chi connectivity index (χ3v) is 6.35. The fourth-order valence-corrected chi connectivity index (χ4v) is 4.14. The van der Waals surface area contributed by atoms with Gasteiger partial charge in [0.05, 0.1) is 4.90 Å². The average molecular weight is 421 g/mol. The molecule has 5 nitrogen and oxygen atoms in total. The van der Waals surface area contributed by atoms with Crippen molar-refractivity contribution in [2.24, 2.45) is 0 Å². The summed E-state index contributed by atoms with van der Waals surface area (Å²) in [7, 11) is -4.58. The van der Waals surface area contributed by atoms with Gasteiger partial charge >= 0.3 is 5.76 Å². The molecule has 0 radical (unpaired) electrons. The second-order valence-electron chi connectivity index (χ2n) is 5.81. The molecule has 3 rings (SSSR count). The highest BCUT2D eigenvalue weighted by atomic mass is 32.2. The molecule has 1 heterocycles. The lowest BCUT2D eigenvalue weighted by atomic mass is 10.2. The number of aromatic nitrogens is 3. The Hall–Kier alpha value is -2.52. The molecular weight excluding hydrogens is 404 g/mol. The number of hydrogen-bond donors (Lipinski definition) is 0. The van der Waals surface area contributed by atoms with E-state index in [1.54, 1.807) is 6.08 Å². The van der Waals surface area contributed by atoms with Crippen molar-refractivity contribution >= 4 is 21.6 Å². The molecule has 9 heteroatoms. The van der Waals surface area contributed by atoms with Gasteiger partial charge in [-0.05, 0) is 17.7 Å². The molecule has 0 bridgehead atoms. The molecule has 0 atom stereocenters. The van der Waals surface area contributed by atoms with E-state index in [0.717, 1.165) is 17.0 Å². The van der Waals surface area contributed by atoms with E-state index in [1.807, 2.05) is 34.9 Å². The number of sulfone groups is 1. The molecule has 0 saturated carbocycles. The quantitative estimate of drug-likeness (QED) is 0.398. The van der Waals surface area contributed by atoms with Gasteiger partial charge in [-0.2, -0.15) is 8.78 Å². The van der Waals surface area contributed by atoms with E-state index in [-0.39, 0.29) is 0 Å². The minimum Gasteiger partial charge on any atom is -0.298 e. The van der Waals surface area contributed by atoms with Crippen molar-refractivity contribution in [1.82, 2.24) is 14.8 Å². The van der Waals surface area contributed by atoms with Gasteiger partial charge in [0, 0.05) is 17.9 Å². The monoisotopic (exact) mass is 421 g/mol. The number of benzene rings is 2. The number of thioether (sulfide) groups is 1. The summed E-state index contributed by atoms with van der Waals surface area (Å²) in [6.45, 7) is 4.31. The summed E-state index contributed by atoms with van der Waals surface area (Å²) in [6.07, 6.45) is 1.75. The van der Waals surface area contributed by atoms with Crippen LogP contribution in [0.2, 0.25) is 0 Å². The van der Waals surface area contributed by atoms with Gasteiger partial charge in [0.1, 0.15) is 0 Å². The predicted molar refractivity (Wildman–Crippen MR) is 105 cm³/mol. The Morgan fingerprint density at radius 1 is 1.07 bits per heavy atom. The lowest BCUT2D eigenvalue weighted by Gasteiger charge is -2.08. The first-order valence-electron chi connectivity index (χ1n) is 8.27. The molecule has 3 aromatic rings. The molecule has 0 amide bonds. The Morgan fingerprint density at radius 3 is 2.36 bits per heavy atom. The molecule has 0 saturated heterocycles. The minimum atomic E-state index is -4.58. The van der Waals surface area contributed by atoms with Crippen LogP contribution in [0.15, 0.2) is 77.3 Å². The molecule has 0 aliphatic rings. The van der Waals surface area contributed by atoms with Gasteiger partial charge in [-0.1, -0.05) is 60.3 Å². The molecule has 0 aliphatic carbocycles. The summed E-state index contributed by atoms with van der Waals surface area (Å²) in [5.41, 5.74) is 1.72. The summed E-state index contributed by atoms with van der Waals surface area (Å²) in [5.74, 6) is -2.22. The van der Waals surface area contributed by atoms with Crippen LogP contribution in [0.5, 0.6) is 0 Å². The molecule has 0 unspecified atom stereocenters. The van der Waals surface area contributed by atoms with E-state index >= 15 is 0 Å². The zero-order valence-electron chi connectivity index (χ0n) is 14.7. The number of allylic oxidation sites excluding steroid dienone is 1. The molecule has 1 aromatic heterocycles. The van der Waals surface area contributed by atoms with Gasteiger partial charge in [0.15, 0.2) is 11.0 Å². The Kier molecular flexibility index (Phi) is 6.25. The van der Waals surface area contributed by atoms with Crippen LogP contribution in [0.4, 0.5) is 8.78 Å². The van der Waals surface area contributed by atoms with Gasteiger partial charge in [0.25, 0.3) is 0 Å². The lowest BCUT2D eigenvalue weighted by molar-refractivity contribution is 0.234. The zero-order chi connectivity index (χ0) is 20.1. The first kappa shape index (κ1) is 20.2. The Labute approximate surface area is 166 Å². The number of halogens is 2. The summed E-state index contributed by atoms with van der Waals surface area (Å²) in [4.78, 5) is -0.391. The zero-order valence-corrected chi connectivity index (χ0v) is 16.3. The van der Waals surface area contributed by atoms with Crippen molar-refractivity contribution in [1.29, 1.82) is 0 Å². The van der Waals surface area contributed by atoms with Crippen LogP contribution in [0, 0.1) is 0 Å². The van der Waals surface area contributed by atoms with Crippen molar-refractivity contribution in [3.8, 4) is 11.4 Å². The maximum Gasteiger partial charge on any atom is 0.341 e. The fourth-order valence-electron chi connectivity index (χ4n) is 2.52. The SMILES string of the molecule is C=CCn1c(SCc2ccc(S(=O)(=O)C(F)F)cc2)nnc1-c1ccccc1. The van der Waals surface area contributed by atoms with Gasteiger partial charge in [-0.25, -0.2) is 8.42 Å². The molecule has 0 fully saturated rings. The summed E-state index contributed by atoms with van der Waals surface area (Å²) in [5, 5.41) is 9.19. The van der Waals surface area contributed by atoms with E-state index in [1.165, 1.54) is 36.0 Å². The van der Waals surface area contributed by atoms with Crippen LogP contribution in [0.1, 0.15) is 5.56 Å². The van der Waals surface area contributed by atoms with Gasteiger partial charge in [-0.15, -0.1) is 16.8 Å². The van der Waals surface area contributed by atoms with E-state index in [4.69, 9.17) is 0 Å². The normalized spacial score (nSPS) is 11.7. The fraction of sp³-hybridized carbons (Fsp3) is 0.158. The standard InChI is InChI=1S/C19H17F2N3O2S2/c1-2-12-24-17(15-6-4-3-5-7-15)22-23-19(24)27-13-14-8-10-16(11-9-14)28(25,26)18(20)21/h2-11,18H,1,12-13H2. The molecule has 0 N–H and O–H groups in total. The number of nitrogens with zero attached hydrogens (tertiary/aromatic N) is 3. The highest BCUT2D eigenvalue weighted by Gasteiger charge is 2.26. The summed E-state index contributed by atoms with van der Waals surface area (Å²) < 4.78 is 50.1. The maximum atomic E-state index is 12.6. The van der Waals surface area contributed by atoms with Crippen LogP contribution in [-0.2, 0) is 22.1 Å². The average Bonchev–Trinajstić information content (AvgIpc) is 3.10. The molecule has 0 aliphatic heterocycles. The Morgan fingerprint density at radius 2 is 1.75 bits per heavy atom. The van der Waals surface area contributed by atoms with Crippen LogP contribution in [0.25, 0.3) is 11.4 Å². The highest BCUT2D eigenvalue weighted by molar-refractivity contribution is 7.98. The maximum absolute atomic E-state index is 12.6. The number of rotatable bonds is 8. The molecular formula is C19H17F2N3O2S2. The number of alkyl halides is 2. The van der Waals surface area contributed by atoms with Crippen molar-refractivity contribution in [2.75, 3.05) is 0 Å². The lowest BCUT2D eigenvalue weighted by Crippen LogP contribution is -2.11. The van der Waals surface area contributed by atoms with Crippen LogP contribution in [-0.4, -0.2) is 28.9 Å². The largest absolute Gasteiger partial charge is 0.341 e. The second kappa shape index (κ2) is 8.66. The van der Waals surface area contributed by atoms with Gasteiger partial charge < -0.3 is 0 Å². The van der Waals surface area contributed by atoms with Gasteiger partial charge in [0.2, 0.25) is 9.84 Å². The third kappa shape index (κ3) is 4.31. The van der Waals surface area contributed by atoms with E-state index < -0.39 is 20.5 Å². The van der Waals surface area contributed by atoms with Crippen LogP contribution in [0.3, 0.4) is 0 Å². The molecule has 2 aromatic carbocycles. The first-order chi connectivity index (χ1) is 13.4. The van der Waals surface area contributed by atoms with Crippen molar-refractivity contribution < 1.29 is 17.2 Å². The van der Waals surface area contributed by atoms with Crippen LogP contribution >= 0.6 is 11.8 Å². The Bertz CT molecular complexity index is 1050. The minimum absolute atomic E-state index is 0.391. The summed E-state index contributed by atoms with van der Waals surface area (Å²) >= 11 is 1.42. The second-order valence-corrected chi connectivity index (χ2v) is 8.67. The topological polar surface area (TPSA) is 64.8 Å². The molecule has 0 spiro atoms. The van der Waals surface area contributed by atoms with Crippen molar-refractivity contribution in [2.45, 2.75) is 28.1 Å². The van der Waals surface area contributed by atoms with E-state index in [9.17, 15) is 17.2 Å². The first-order valence-corrected chi connectivity index (χ1v) is 10.8. The Balaban J connectivity index is 1.78. The third-order valence-electron chi connectivity index (χ3n) is 3.91. The van der Waals surface area contributed by atoms with E-state index in [0.29, 0.717) is 17.5 Å².